The minimum Gasteiger partial charge on any atom is -0.349 e. The second-order valence-electron chi connectivity index (χ2n) is 5.40. The number of rotatable bonds is 3. The van der Waals surface area contributed by atoms with Crippen LogP contribution in [0.4, 0.5) is 0 Å². The summed E-state index contributed by atoms with van der Waals surface area (Å²) in [6.07, 6.45) is 0.773. The first-order valence-electron chi connectivity index (χ1n) is 6.08. The van der Waals surface area contributed by atoms with Crippen molar-refractivity contribution in [2.24, 2.45) is 5.92 Å². The molecular formula is C11H21NO4S. The SMILES string of the molecule is CC1(C)OCC(NCC2CCS(=O)(=O)C2)CO1. The lowest BCUT2D eigenvalue weighted by Gasteiger charge is -2.35. The van der Waals surface area contributed by atoms with E-state index in [1.807, 2.05) is 13.8 Å². The zero-order valence-electron chi connectivity index (χ0n) is 10.4. The monoisotopic (exact) mass is 263 g/mol. The van der Waals surface area contributed by atoms with E-state index in [1.54, 1.807) is 0 Å². The summed E-state index contributed by atoms with van der Waals surface area (Å²) in [5.41, 5.74) is 0. The summed E-state index contributed by atoms with van der Waals surface area (Å²) in [6.45, 7) is 5.76. The van der Waals surface area contributed by atoms with Crippen LogP contribution in [0.5, 0.6) is 0 Å². The molecule has 1 N–H and O–H groups in total. The Morgan fingerprint density at radius 1 is 1.29 bits per heavy atom. The molecule has 1 unspecified atom stereocenters. The van der Waals surface area contributed by atoms with E-state index in [0.29, 0.717) is 24.7 Å². The maximum Gasteiger partial charge on any atom is 0.162 e. The van der Waals surface area contributed by atoms with Crippen molar-refractivity contribution in [1.29, 1.82) is 0 Å². The molecule has 5 nitrogen and oxygen atoms in total. The topological polar surface area (TPSA) is 64.6 Å². The molecule has 0 aromatic heterocycles. The van der Waals surface area contributed by atoms with Gasteiger partial charge in [-0.05, 0) is 32.7 Å². The molecule has 0 spiro atoms. The first-order chi connectivity index (χ1) is 7.86. The van der Waals surface area contributed by atoms with Crippen molar-refractivity contribution < 1.29 is 17.9 Å². The quantitative estimate of drug-likeness (QED) is 0.786. The molecule has 2 heterocycles. The number of hydrogen-bond donors (Lipinski definition) is 1. The van der Waals surface area contributed by atoms with Crippen molar-refractivity contribution in [1.82, 2.24) is 5.32 Å². The largest absolute Gasteiger partial charge is 0.349 e. The van der Waals surface area contributed by atoms with Gasteiger partial charge in [0.05, 0.1) is 30.8 Å². The zero-order valence-corrected chi connectivity index (χ0v) is 11.3. The highest BCUT2D eigenvalue weighted by Gasteiger charge is 2.31. The van der Waals surface area contributed by atoms with Gasteiger partial charge in [0.25, 0.3) is 0 Å². The molecule has 2 rings (SSSR count). The third-order valence-electron chi connectivity index (χ3n) is 3.29. The third kappa shape index (κ3) is 3.91. The Kier molecular flexibility index (Phi) is 3.77. The van der Waals surface area contributed by atoms with E-state index in [9.17, 15) is 8.42 Å². The van der Waals surface area contributed by atoms with Gasteiger partial charge in [-0.1, -0.05) is 0 Å². The predicted octanol–water partition coefficient (Wildman–Crippen LogP) is 0.162. The minimum atomic E-state index is -2.77. The van der Waals surface area contributed by atoms with Gasteiger partial charge < -0.3 is 14.8 Å². The summed E-state index contributed by atoms with van der Waals surface area (Å²) in [7, 11) is -2.77. The minimum absolute atomic E-state index is 0.173. The normalized spacial score (nSPS) is 32.7. The lowest BCUT2D eigenvalue weighted by molar-refractivity contribution is -0.253. The Labute approximate surface area is 103 Å². The Morgan fingerprint density at radius 3 is 2.47 bits per heavy atom. The van der Waals surface area contributed by atoms with Gasteiger partial charge in [0, 0.05) is 0 Å². The number of sulfone groups is 1. The molecule has 0 aromatic carbocycles. The second kappa shape index (κ2) is 4.84. The number of hydrogen-bond acceptors (Lipinski definition) is 5. The van der Waals surface area contributed by atoms with Gasteiger partial charge in [0.2, 0.25) is 0 Å². The van der Waals surface area contributed by atoms with Gasteiger partial charge in [-0.3, -0.25) is 0 Å². The van der Waals surface area contributed by atoms with Crippen molar-refractivity contribution in [2.45, 2.75) is 32.1 Å². The lowest BCUT2D eigenvalue weighted by Crippen LogP contribution is -2.49. The summed E-state index contributed by atoms with van der Waals surface area (Å²) in [5, 5.41) is 3.32. The standard InChI is InChI=1S/C11H21NO4S/c1-11(2)15-6-10(7-16-11)12-5-9-3-4-17(13,14)8-9/h9-10,12H,3-8H2,1-2H3. The van der Waals surface area contributed by atoms with E-state index in [4.69, 9.17) is 9.47 Å². The highest BCUT2D eigenvalue weighted by molar-refractivity contribution is 7.91. The average Bonchev–Trinajstić information content (AvgIpc) is 2.57. The van der Waals surface area contributed by atoms with Crippen LogP contribution in [0.2, 0.25) is 0 Å². The van der Waals surface area contributed by atoms with Crippen LogP contribution in [0.25, 0.3) is 0 Å². The fourth-order valence-electron chi connectivity index (χ4n) is 2.18. The second-order valence-corrected chi connectivity index (χ2v) is 7.62. The van der Waals surface area contributed by atoms with Crippen LogP contribution in [0.3, 0.4) is 0 Å². The summed E-state index contributed by atoms with van der Waals surface area (Å²) < 4.78 is 33.7. The maximum absolute atomic E-state index is 11.3. The van der Waals surface area contributed by atoms with Crippen LogP contribution in [0.1, 0.15) is 20.3 Å². The van der Waals surface area contributed by atoms with Crippen LogP contribution < -0.4 is 5.32 Å². The van der Waals surface area contributed by atoms with Gasteiger partial charge in [-0.15, -0.1) is 0 Å². The van der Waals surface area contributed by atoms with Crippen molar-refractivity contribution >= 4 is 9.84 Å². The van der Waals surface area contributed by atoms with Crippen LogP contribution in [-0.4, -0.2) is 51.5 Å². The third-order valence-corrected chi connectivity index (χ3v) is 5.12. The summed E-state index contributed by atoms with van der Waals surface area (Å²) in [5.74, 6) is 0.411. The van der Waals surface area contributed by atoms with Crippen molar-refractivity contribution in [3.05, 3.63) is 0 Å². The van der Waals surface area contributed by atoms with Gasteiger partial charge in [0.1, 0.15) is 0 Å². The molecule has 6 heteroatoms. The molecule has 2 aliphatic rings. The summed E-state index contributed by atoms with van der Waals surface area (Å²) >= 11 is 0. The number of ether oxygens (including phenoxy) is 2. The van der Waals surface area contributed by atoms with Crippen LogP contribution in [0, 0.1) is 5.92 Å². The average molecular weight is 263 g/mol. The molecule has 2 aliphatic heterocycles. The number of nitrogens with one attached hydrogen (secondary N) is 1. The van der Waals surface area contributed by atoms with Crippen molar-refractivity contribution in [3.63, 3.8) is 0 Å². The Hall–Kier alpha value is -0.170. The Morgan fingerprint density at radius 2 is 1.94 bits per heavy atom. The maximum atomic E-state index is 11.3. The fraction of sp³-hybridized carbons (Fsp3) is 1.00. The Balaban J connectivity index is 1.70. The molecule has 0 aromatic rings. The molecular weight excluding hydrogens is 242 g/mol. The van der Waals surface area contributed by atoms with Gasteiger partial charge >= 0.3 is 0 Å². The lowest BCUT2D eigenvalue weighted by atomic mass is 10.1. The first-order valence-corrected chi connectivity index (χ1v) is 7.90. The van der Waals surface area contributed by atoms with E-state index in [0.717, 1.165) is 13.0 Å². The Bertz CT molecular complexity index is 356. The molecule has 2 saturated heterocycles. The molecule has 0 bridgehead atoms. The molecule has 0 amide bonds. The van der Waals surface area contributed by atoms with Crippen molar-refractivity contribution in [3.8, 4) is 0 Å². The van der Waals surface area contributed by atoms with Crippen molar-refractivity contribution in [2.75, 3.05) is 31.3 Å². The molecule has 17 heavy (non-hydrogen) atoms. The molecule has 0 saturated carbocycles. The summed E-state index contributed by atoms with van der Waals surface area (Å²) in [6, 6.07) is 0.173. The van der Waals surface area contributed by atoms with E-state index in [1.165, 1.54) is 0 Å². The molecule has 2 fully saturated rings. The highest BCUT2D eigenvalue weighted by atomic mass is 32.2. The van der Waals surface area contributed by atoms with Crippen LogP contribution >= 0.6 is 0 Å². The van der Waals surface area contributed by atoms with E-state index < -0.39 is 15.6 Å². The highest BCUT2D eigenvalue weighted by Crippen LogP contribution is 2.19. The van der Waals surface area contributed by atoms with Gasteiger partial charge in [0.15, 0.2) is 15.6 Å². The summed E-state index contributed by atoms with van der Waals surface area (Å²) in [4.78, 5) is 0. The van der Waals surface area contributed by atoms with Gasteiger partial charge in [-0.2, -0.15) is 0 Å². The van der Waals surface area contributed by atoms with Gasteiger partial charge in [-0.25, -0.2) is 8.42 Å². The van der Waals surface area contributed by atoms with Crippen LogP contribution in [0.15, 0.2) is 0 Å². The molecule has 0 radical (unpaired) electrons. The molecule has 1 atom stereocenters. The van der Waals surface area contributed by atoms with E-state index in [-0.39, 0.29) is 12.0 Å². The molecule has 0 aliphatic carbocycles. The van der Waals surface area contributed by atoms with E-state index >= 15 is 0 Å². The smallest absolute Gasteiger partial charge is 0.162 e. The van der Waals surface area contributed by atoms with Crippen LogP contribution in [-0.2, 0) is 19.3 Å². The zero-order chi connectivity index (χ0) is 12.5. The van der Waals surface area contributed by atoms with E-state index in [2.05, 4.69) is 5.32 Å². The first kappa shape index (κ1) is 13.3. The molecule has 100 valence electrons. The fourth-order valence-corrected chi connectivity index (χ4v) is 4.04. The predicted molar refractivity (Wildman–Crippen MR) is 64.5 cm³/mol.